The number of aliphatic carboxylic acids is 1. The summed E-state index contributed by atoms with van der Waals surface area (Å²) in [5.41, 5.74) is -0.259. The van der Waals surface area contributed by atoms with Crippen LogP contribution in [0.5, 0.6) is 0 Å². The van der Waals surface area contributed by atoms with Gasteiger partial charge in [0, 0.05) is 31.5 Å². The fraction of sp³-hybridized carbons (Fsp3) is 0.500. The average molecular weight is 264 g/mol. The predicted octanol–water partition coefficient (Wildman–Crippen LogP) is 2.33. The molecule has 1 rings (SSSR count). The molecule has 1 aromatic rings. The Bertz CT molecular complexity index is 441. The zero-order chi connectivity index (χ0) is 14.5. The largest absolute Gasteiger partial charge is 0.481 e. The second-order valence-electron chi connectivity index (χ2n) is 4.63. The predicted molar refractivity (Wildman–Crippen MR) is 72.9 cm³/mol. The summed E-state index contributed by atoms with van der Waals surface area (Å²) >= 11 is 0. The number of carboxylic acids is 1. The lowest BCUT2D eigenvalue weighted by Gasteiger charge is -2.28. The first kappa shape index (κ1) is 15.1. The molecule has 1 N–H and O–H groups in total. The highest BCUT2D eigenvalue weighted by Crippen LogP contribution is 2.32. The molecule has 5 nitrogen and oxygen atoms in total. The van der Waals surface area contributed by atoms with E-state index in [1.54, 1.807) is 45.4 Å². The highest BCUT2D eigenvalue weighted by molar-refractivity contribution is 5.95. The van der Waals surface area contributed by atoms with Crippen LogP contribution in [0.4, 0.5) is 5.69 Å². The number of rotatable bonds is 6. The molecule has 0 aliphatic rings. The van der Waals surface area contributed by atoms with Crippen LogP contribution in [0, 0.1) is 5.41 Å². The first-order valence-corrected chi connectivity index (χ1v) is 6.37. The molecule has 0 saturated heterocycles. The van der Waals surface area contributed by atoms with E-state index in [0.29, 0.717) is 18.5 Å². The molecule has 0 unspecified atom stereocenters. The van der Waals surface area contributed by atoms with Gasteiger partial charge in [0.1, 0.15) is 0 Å². The van der Waals surface area contributed by atoms with Crippen LogP contribution < -0.4 is 4.90 Å². The molecule has 0 bridgehead atoms. The van der Waals surface area contributed by atoms with Crippen molar-refractivity contribution in [3.8, 4) is 0 Å². The van der Waals surface area contributed by atoms with Crippen LogP contribution in [0.1, 0.15) is 33.1 Å². The van der Waals surface area contributed by atoms with Gasteiger partial charge in [-0.1, -0.05) is 13.8 Å². The molecule has 0 aliphatic heterocycles. The summed E-state index contributed by atoms with van der Waals surface area (Å²) in [5.74, 6) is -1.11. The van der Waals surface area contributed by atoms with Gasteiger partial charge < -0.3 is 10.0 Å². The molecular weight excluding hydrogens is 244 g/mol. The van der Waals surface area contributed by atoms with Crippen molar-refractivity contribution < 1.29 is 14.7 Å². The molecule has 0 spiro atoms. The molecule has 0 fully saturated rings. The van der Waals surface area contributed by atoms with E-state index in [0.717, 1.165) is 0 Å². The van der Waals surface area contributed by atoms with E-state index in [9.17, 15) is 14.7 Å². The van der Waals surface area contributed by atoms with Crippen molar-refractivity contribution >= 4 is 17.6 Å². The highest BCUT2D eigenvalue weighted by Gasteiger charge is 2.38. The van der Waals surface area contributed by atoms with E-state index >= 15 is 0 Å². The third-order valence-corrected chi connectivity index (χ3v) is 3.72. The number of nitrogens with zero attached hydrogens (tertiary/aromatic N) is 2. The first-order chi connectivity index (χ1) is 8.96. The average Bonchev–Trinajstić information content (AvgIpc) is 2.44. The summed E-state index contributed by atoms with van der Waals surface area (Å²) in [5, 5.41) is 9.34. The minimum atomic E-state index is -0.974. The maximum atomic E-state index is 12.2. The summed E-state index contributed by atoms with van der Waals surface area (Å²) < 4.78 is 0. The van der Waals surface area contributed by atoms with Gasteiger partial charge in [-0.3, -0.25) is 14.6 Å². The van der Waals surface area contributed by atoms with Gasteiger partial charge in [-0.2, -0.15) is 0 Å². The topological polar surface area (TPSA) is 70.5 Å². The molecule has 1 amide bonds. The van der Waals surface area contributed by atoms with Crippen molar-refractivity contribution in [3.05, 3.63) is 24.5 Å². The Morgan fingerprint density at radius 2 is 1.79 bits per heavy atom. The van der Waals surface area contributed by atoms with Crippen molar-refractivity contribution in [3.63, 3.8) is 0 Å². The molecule has 0 atom stereocenters. The van der Waals surface area contributed by atoms with E-state index < -0.39 is 11.4 Å². The normalized spacial score (nSPS) is 11.1. The van der Waals surface area contributed by atoms with E-state index in [-0.39, 0.29) is 12.3 Å². The monoisotopic (exact) mass is 264 g/mol. The molecule has 0 radical (unpaired) electrons. The molecular formula is C14H20N2O3. The quantitative estimate of drug-likeness (QED) is 0.856. The van der Waals surface area contributed by atoms with Gasteiger partial charge >= 0.3 is 5.97 Å². The number of anilines is 1. The lowest BCUT2D eigenvalue weighted by Crippen LogP contribution is -2.37. The van der Waals surface area contributed by atoms with Crippen LogP contribution in [0.3, 0.4) is 0 Å². The highest BCUT2D eigenvalue weighted by atomic mass is 16.4. The van der Waals surface area contributed by atoms with Gasteiger partial charge in [0.25, 0.3) is 0 Å². The van der Waals surface area contributed by atoms with Gasteiger partial charge in [0.2, 0.25) is 5.91 Å². The van der Waals surface area contributed by atoms with Crippen LogP contribution in [-0.2, 0) is 9.59 Å². The Hall–Kier alpha value is -1.91. The minimum absolute atomic E-state index is 0.00809. The summed E-state index contributed by atoms with van der Waals surface area (Å²) in [4.78, 5) is 29.0. The summed E-state index contributed by atoms with van der Waals surface area (Å²) in [6.45, 7) is 3.61. The van der Waals surface area contributed by atoms with Crippen LogP contribution in [0.25, 0.3) is 0 Å². The number of hydrogen-bond donors (Lipinski definition) is 1. The second-order valence-corrected chi connectivity index (χ2v) is 4.63. The van der Waals surface area contributed by atoms with E-state index in [1.165, 1.54) is 4.90 Å². The Morgan fingerprint density at radius 3 is 2.21 bits per heavy atom. The SMILES string of the molecule is CCC(CC)(CC(=O)N(C)c1ccncc1)C(=O)O. The van der Waals surface area contributed by atoms with Crippen molar-refractivity contribution in [1.29, 1.82) is 0 Å². The number of carbonyl (C=O) groups is 2. The number of carboxylic acid groups (broad SMARTS) is 1. The van der Waals surface area contributed by atoms with E-state index in [2.05, 4.69) is 4.98 Å². The second kappa shape index (κ2) is 6.31. The zero-order valence-corrected chi connectivity index (χ0v) is 11.6. The number of carbonyl (C=O) groups excluding carboxylic acids is 1. The Morgan fingerprint density at radius 1 is 1.26 bits per heavy atom. The third kappa shape index (κ3) is 3.30. The Kier molecular flexibility index (Phi) is 5.03. The van der Waals surface area contributed by atoms with Crippen LogP contribution in [0.15, 0.2) is 24.5 Å². The molecule has 0 aromatic carbocycles. The van der Waals surface area contributed by atoms with Gasteiger partial charge in [-0.05, 0) is 25.0 Å². The van der Waals surface area contributed by atoms with Crippen molar-refractivity contribution in [1.82, 2.24) is 4.98 Å². The Balaban J connectivity index is 2.87. The fourth-order valence-electron chi connectivity index (χ4n) is 2.00. The molecule has 0 saturated carbocycles. The molecule has 0 aliphatic carbocycles. The number of pyridine rings is 1. The van der Waals surface area contributed by atoms with Crippen molar-refractivity contribution in [2.75, 3.05) is 11.9 Å². The summed E-state index contributed by atoms with van der Waals surface area (Å²) in [7, 11) is 1.65. The van der Waals surface area contributed by atoms with Crippen LogP contribution in [0.2, 0.25) is 0 Å². The van der Waals surface area contributed by atoms with Gasteiger partial charge in [0.15, 0.2) is 0 Å². The maximum Gasteiger partial charge on any atom is 0.310 e. The van der Waals surface area contributed by atoms with Crippen LogP contribution in [-0.4, -0.2) is 29.0 Å². The standard InChI is InChI=1S/C14H20N2O3/c1-4-14(5-2,13(18)19)10-12(17)16(3)11-6-8-15-9-7-11/h6-9H,4-5,10H2,1-3H3,(H,18,19). The van der Waals surface area contributed by atoms with E-state index in [4.69, 9.17) is 0 Å². The fourth-order valence-corrected chi connectivity index (χ4v) is 2.00. The Labute approximate surface area is 113 Å². The van der Waals surface area contributed by atoms with Crippen LogP contribution >= 0.6 is 0 Å². The first-order valence-electron chi connectivity index (χ1n) is 6.37. The number of hydrogen-bond acceptors (Lipinski definition) is 3. The maximum absolute atomic E-state index is 12.2. The third-order valence-electron chi connectivity index (χ3n) is 3.72. The number of amides is 1. The number of aromatic nitrogens is 1. The smallest absolute Gasteiger partial charge is 0.310 e. The van der Waals surface area contributed by atoms with Gasteiger partial charge in [0.05, 0.1) is 5.41 Å². The summed E-state index contributed by atoms with van der Waals surface area (Å²) in [6, 6.07) is 3.44. The van der Waals surface area contributed by atoms with Crippen molar-refractivity contribution in [2.45, 2.75) is 33.1 Å². The molecule has 1 heterocycles. The minimum Gasteiger partial charge on any atom is -0.481 e. The summed E-state index contributed by atoms with van der Waals surface area (Å²) in [6.07, 6.45) is 4.09. The lowest BCUT2D eigenvalue weighted by atomic mass is 9.79. The molecule has 104 valence electrons. The molecule has 5 heteroatoms. The van der Waals surface area contributed by atoms with Crippen molar-refractivity contribution in [2.24, 2.45) is 5.41 Å². The lowest BCUT2D eigenvalue weighted by molar-refractivity contribution is -0.152. The van der Waals surface area contributed by atoms with Gasteiger partial charge in [-0.25, -0.2) is 0 Å². The van der Waals surface area contributed by atoms with Gasteiger partial charge in [-0.15, -0.1) is 0 Å². The molecule has 19 heavy (non-hydrogen) atoms. The zero-order valence-electron chi connectivity index (χ0n) is 11.6. The van der Waals surface area contributed by atoms with E-state index in [1.807, 2.05) is 0 Å². The molecule has 1 aromatic heterocycles.